The van der Waals surface area contributed by atoms with Crippen molar-refractivity contribution in [2.24, 2.45) is 11.3 Å². The summed E-state index contributed by atoms with van der Waals surface area (Å²) < 4.78 is 38.9. The van der Waals surface area contributed by atoms with E-state index in [1.807, 2.05) is 26.8 Å². The van der Waals surface area contributed by atoms with Crippen LogP contribution in [0.2, 0.25) is 6.04 Å². The van der Waals surface area contributed by atoms with E-state index in [2.05, 4.69) is 11.9 Å². The van der Waals surface area contributed by atoms with Gasteiger partial charge in [0.2, 0.25) is 0 Å². The summed E-state index contributed by atoms with van der Waals surface area (Å²) in [6.07, 6.45) is 0.686. The average molecular weight is 568 g/mol. The Morgan fingerprint density at radius 1 is 1.05 bits per heavy atom. The van der Waals surface area contributed by atoms with Crippen molar-refractivity contribution in [3.63, 3.8) is 0 Å². The number of esters is 2. The normalized spacial score (nSPS) is 18.9. The molecule has 39 heavy (non-hydrogen) atoms. The van der Waals surface area contributed by atoms with E-state index in [1.165, 1.54) is 13.2 Å². The zero-order valence-corrected chi connectivity index (χ0v) is 24.3. The molecule has 1 amide bonds. The summed E-state index contributed by atoms with van der Waals surface area (Å²) in [4.78, 5) is 37.7. The minimum Gasteiger partial charge on any atom is -0.490 e. The highest BCUT2D eigenvalue weighted by Gasteiger charge is 2.67. The SMILES string of the molecule is C=CC1CC1(C(=O)OC)C(=O)OCC(COc1ccccc1)OC(=O)NCCC[Si](OCC)(OCC)OCC. The zero-order valence-electron chi connectivity index (χ0n) is 23.3. The topological polar surface area (TPSA) is 128 Å². The van der Waals surface area contributed by atoms with Gasteiger partial charge in [-0.15, -0.1) is 6.58 Å². The van der Waals surface area contributed by atoms with Crippen molar-refractivity contribution < 1.29 is 46.6 Å². The van der Waals surface area contributed by atoms with Crippen LogP contribution in [-0.4, -0.2) is 79.6 Å². The second kappa shape index (κ2) is 16.2. The lowest BCUT2D eigenvalue weighted by Gasteiger charge is -2.28. The van der Waals surface area contributed by atoms with E-state index >= 15 is 0 Å². The van der Waals surface area contributed by atoms with Crippen molar-refractivity contribution in [2.75, 3.05) is 46.7 Å². The van der Waals surface area contributed by atoms with E-state index in [1.54, 1.807) is 24.3 Å². The average Bonchev–Trinajstić information content (AvgIpc) is 3.69. The molecule has 1 fully saturated rings. The Balaban J connectivity index is 1.95. The Hall–Kier alpha value is -2.93. The highest BCUT2D eigenvalue weighted by molar-refractivity contribution is 6.60. The predicted octanol–water partition coefficient (Wildman–Crippen LogP) is 3.51. The fourth-order valence-corrected chi connectivity index (χ4v) is 6.73. The number of nitrogens with one attached hydrogen (secondary N) is 1. The van der Waals surface area contributed by atoms with Gasteiger partial charge < -0.3 is 37.5 Å². The smallest absolute Gasteiger partial charge is 0.490 e. The molecule has 0 aromatic heterocycles. The number of allylic oxidation sites excluding steroid dienone is 1. The summed E-state index contributed by atoms with van der Waals surface area (Å²) in [7, 11) is -1.61. The number of hydrogen-bond donors (Lipinski definition) is 1. The maximum absolute atomic E-state index is 12.8. The van der Waals surface area contributed by atoms with Crippen LogP contribution in [0.5, 0.6) is 5.75 Å². The number of para-hydroxylation sites is 1. The van der Waals surface area contributed by atoms with Gasteiger partial charge in [-0.25, -0.2) is 4.79 Å². The van der Waals surface area contributed by atoms with Gasteiger partial charge in [-0.3, -0.25) is 9.59 Å². The van der Waals surface area contributed by atoms with Crippen molar-refractivity contribution in [3.8, 4) is 5.75 Å². The summed E-state index contributed by atoms with van der Waals surface area (Å²) in [6, 6.07) is 9.47. The number of alkyl carbamates (subject to hydrolysis) is 1. The van der Waals surface area contributed by atoms with Crippen molar-refractivity contribution in [3.05, 3.63) is 43.0 Å². The number of methoxy groups -OCH3 is 1. The molecule has 11 nitrogen and oxygen atoms in total. The molecule has 1 aliphatic carbocycles. The van der Waals surface area contributed by atoms with Crippen LogP contribution in [0.3, 0.4) is 0 Å². The number of carbonyl (C=O) groups is 3. The molecule has 1 aliphatic rings. The molecular formula is C27H41NO10Si. The highest BCUT2D eigenvalue weighted by Crippen LogP contribution is 2.55. The first-order chi connectivity index (χ1) is 18.8. The van der Waals surface area contributed by atoms with Gasteiger partial charge >= 0.3 is 26.8 Å². The van der Waals surface area contributed by atoms with E-state index in [9.17, 15) is 14.4 Å². The molecule has 1 saturated carbocycles. The minimum absolute atomic E-state index is 0.0735. The van der Waals surface area contributed by atoms with Crippen LogP contribution < -0.4 is 10.1 Å². The molecule has 0 spiro atoms. The largest absolute Gasteiger partial charge is 0.500 e. The zero-order chi connectivity index (χ0) is 28.7. The molecule has 1 N–H and O–H groups in total. The van der Waals surface area contributed by atoms with E-state index < -0.39 is 38.4 Å². The molecule has 0 saturated heterocycles. The molecule has 0 radical (unpaired) electrons. The third-order valence-electron chi connectivity index (χ3n) is 6.09. The lowest BCUT2D eigenvalue weighted by molar-refractivity contribution is -0.165. The van der Waals surface area contributed by atoms with Crippen molar-refractivity contribution in [1.82, 2.24) is 5.32 Å². The van der Waals surface area contributed by atoms with Gasteiger partial charge in [-0.1, -0.05) is 24.3 Å². The first kappa shape index (κ1) is 32.3. The number of rotatable bonds is 19. The van der Waals surface area contributed by atoms with E-state index in [0.717, 1.165) is 0 Å². The standard InChI is InChI=1S/C27H41NO10Si/c1-6-21-18-27(21,24(29)32-5)25(30)34-20-23(19-33-22-14-11-10-12-15-22)38-26(31)28-16-13-17-39(35-7-2,36-8-3)37-9-4/h6,10-12,14-15,21,23H,1,7-9,13,16-20H2,2-5H3,(H,28,31). The van der Waals surface area contributed by atoms with Gasteiger partial charge in [0.05, 0.1) is 7.11 Å². The van der Waals surface area contributed by atoms with Gasteiger partial charge in [-0.05, 0) is 45.7 Å². The molecule has 0 heterocycles. The summed E-state index contributed by atoms with van der Waals surface area (Å²) in [5, 5.41) is 2.69. The van der Waals surface area contributed by atoms with Gasteiger partial charge in [0.25, 0.3) is 0 Å². The van der Waals surface area contributed by atoms with Crippen LogP contribution in [-0.2, 0) is 37.1 Å². The third-order valence-corrected chi connectivity index (χ3v) is 9.24. The lowest BCUT2D eigenvalue weighted by Crippen LogP contribution is -2.46. The molecule has 218 valence electrons. The second-order valence-electron chi connectivity index (χ2n) is 8.77. The van der Waals surface area contributed by atoms with Gasteiger partial charge in [0, 0.05) is 38.3 Å². The molecule has 3 unspecified atom stereocenters. The minimum atomic E-state index is -2.82. The second-order valence-corrected chi connectivity index (χ2v) is 11.5. The van der Waals surface area contributed by atoms with Crippen LogP contribution in [0.15, 0.2) is 43.0 Å². The van der Waals surface area contributed by atoms with Gasteiger partial charge in [0.15, 0.2) is 11.5 Å². The maximum Gasteiger partial charge on any atom is 0.500 e. The first-order valence-electron chi connectivity index (χ1n) is 13.2. The lowest BCUT2D eigenvalue weighted by atomic mass is 10.0. The summed E-state index contributed by atoms with van der Waals surface area (Å²) in [5.41, 5.74) is -1.42. The number of ether oxygens (including phenoxy) is 4. The van der Waals surface area contributed by atoms with Gasteiger partial charge in [0.1, 0.15) is 19.0 Å². The van der Waals surface area contributed by atoms with Crippen molar-refractivity contribution in [2.45, 2.75) is 45.8 Å². The summed E-state index contributed by atoms with van der Waals surface area (Å²) >= 11 is 0. The fraction of sp³-hybridized carbons (Fsp3) is 0.593. The summed E-state index contributed by atoms with van der Waals surface area (Å²) in [5.74, 6) is -1.25. The van der Waals surface area contributed by atoms with Gasteiger partial charge in [-0.2, -0.15) is 0 Å². The number of benzene rings is 1. The number of hydrogen-bond acceptors (Lipinski definition) is 10. The number of carbonyl (C=O) groups excluding carboxylic acids is 3. The van der Waals surface area contributed by atoms with Crippen LogP contribution in [0.25, 0.3) is 0 Å². The monoisotopic (exact) mass is 567 g/mol. The molecule has 3 atom stereocenters. The quantitative estimate of drug-likeness (QED) is 0.0662. The molecule has 1 aromatic rings. The molecular weight excluding hydrogens is 526 g/mol. The fourth-order valence-electron chi connectivity index (χ4n) is 4.12. The van der Waals surface area contributed by atoms with Crippen molar-refractivity contribution in [1.29, 1.82) is 0 Å². The Morgan fingerprint density at radius 3 is 2.23 bits per heavy atom. The Kier molecular flexibility index (Phi) is 13.4. The molecule has 1 aromatic carbocycles. The maximum atomic E-state index is 12.8. The molecule has 2 rings (SSSR count). The Morgan fingerprint density at radius 2 is 1.69 bits per heavy atom. The summed E-state index contributed by atoms with van der Waals surface area (Å²) in [6.45, 7) is 10.6. The Labute approximate surface area is 231 Å². The number of amides is 1. The molecule has 0 aliphatic heterocycles. The van der Waals surface area contributed by atoms with Crippen LogP contribution in [0.4, 0.5) is 4.79 Å². The third kappa shape index (κ3) is 9.34. The van der Waals surface area contributed by atoms with Crippen LogP contribution >= 0.6 is 0 Å². The van der Waals surface area contributed by atoms with E-state index in [-0.39, 0.29) is 25.6 Å². The predicted molar refractivity (Wildman–Crippen MR) is 144 cm³/mol. The molecule has 0 bridgehead atoms. The van der Waals surface area contributed by atoms with Crippen LogP contribution in [0, 0.1) is 11.3 Å². The van der Waals surface area contributed by atoms with Crippen LogP contribution in [0.1, 0.15) is 33.6 Å². The molecule has 12 heteroatoms. The first-order valence-corrected chi connectivity index (χ1v) is 15.2. The van der Waals surface area contributed by atoms with Crippen molar-refractivity contribution >= 4 is 26.8 Å². The Bertz CT molecular complexity index is 913. The van der Waals surface area contributed by atoms with E-state index in [0.29, 0.717) is 44.6 Å². The highest BCUT2D eigenvalue weighted by atomic mass is 28.4. The van der Waals surface area contributed by atoms with E-state index in [4.69, 9.17) is 32.2 Å².